The predicted octanol–water partition coefficient (Wildman–Crippen LogP) is -0.0301. The summed E-state index contributed by atoms with van der Waals surface area (Å²) in [6.45, 7) is 10.9. The Balaban J connectivity index is 0.00000118. The topological polar surface area (TPSA) is 80.2 Å². The second-order valence-corrected chi connectivity index (χ2v) is 7.27. The van der Waals surface area contributed by atoms with Gasteiger partial charge in [-0.3, -0.25) is 9.78 Å². The number of nitrogens with zero attached hydrogens (tertiary/aromatic N) is 4. The molecule has 9 heteroatoms. The van der Waals surface area contributed by atoms with Gasteiger partial charge in [0.15, 0.2) is 11.6 Å². The summed E-state index contributed by atoms with van der Waals surface area (Å²) in [6, 6.07) is 3.87. The number of hydrogen-bond acceptors (Lipinski definition) is 6. The van der Waals surface area contributed by atoms with Crippen LogP contribution in [0.1, 0.15) is 18.9 Å². The van der Waals surface area contributed by atoms with Crippen molar-refractivity contribution in [1.29, 1.82) is 0 Å². The number of ether oxygens (including phenoxy) is 1. The number of pyridine rings is 1. The van der Waals surface area contributed by atoms with Crippen LogP contribution in [0.4, 0.5) is 10.2 Å². The van der Waals surface area contributed by atoms with Crippen LogP contribution in [-0.2, 0) is 4.79 Å². The average molecular weight is 432 g/mol. The van der Waals surface area contributed by atoms with E-state index in [1.165, 1.54) is 6.08 Å². The van der Waals surface area contributed by atoms with E-state index < -0.39 is 5.82 Å². The molecular formula is C23H28FLiN5O2-. The van der Waals surface area contributed by atoms with Crippen LogP contribution in [0.15, 0.2) is 36.8 Å². The van der Waals surface area contributed by atoms with E-state index in [0.717, 1.165) is 31.3 Å². The summed E-state index contributed by atoms with van der Waals surface area (Å²) in [5.74, 6) is 1.35. The Bertz CT molecular complexity index is 887. The normalized spacial score (nSPS) is 20.6. The molecule has 2 aromatic rings. The van der Waals surface area contributed by atoms with Gasteiger partial charge >= 0.3 is 24.9 Å². The SMILES string of the molecule is [CH2-]C.[CH2-]COc1ncc(F)c(N2C[C@@H]3C(CCNC(=O)/C=C/c4cccnc4)[C@@H]3C2)n1.[Li+]. The molecule has 166 valence electrons. The Morgan fingerprint density at radius 3 is 2.75 bits per heavy atom. The Morgan fingerprint density at radius 2 is 2.09 bits per heavy atom. The minimum atomic E-state index is -0.438. The van der Waals surface area contributed by atoms with Gasteiger partial charge in [0.25, 0.3) is 0 Å². The monoisotopic (exact) mass is 432 g/mol. The third-order valence-corrected chi connectivity index (χ3v) is 5.49. The van der Waals surface area contributed by atoms with Crippen LogP contribution in [0.3, 0.4) is 0 Å². The number of amides is 1. The van der Waals surface area contributed by atoms with Crippen molar-refractivity contribution < 1.29 is 32.8 Å². The Morgan fingerprint density at radius 1 is 1.34 bits per heavy atom. The van der Waals surface area contributed by atoms with Gasteiger partial charge in [0.05, 0.1) is 6.20 Å². The van der Waals surface area contributed by atoms with E-state index in [-0.39, 0.29) is 37.4 Å². The van der Waals surface area contributed by atoms with Crippen LogP contribution in [-0.4, -0.2) is 47.1 Å². The molecule has 32 heavy (non-hydrogen) atoms. The molecule has 1 aliphatic carbocycles. The molecule has 7 nitrogen and oxygen atoms in total. The first kappa shape index (κ1) is 25.8. The number of anilines is 1. The fourth-order valence-electron chi connectivity index (χ4n) is 4.04. The molecule has 1 aliphatic heterocycles. The van der Waals surface area contributed by atoms with Gasteiger partial charge in [-0.1, -0.05) is 6.07 Å². The minimum absolute atomic E-state index is 0. The molecule has 3 heterocycles. The van der Waals surface area contributed by atoms with Gasteiger partial charge in [0.1, 0.15) is 0 Å². The molecule has 1 N–H and O–H groups in total. The maximum atomic E-state index is 14.1. The van der Waals surface area contributed by atoms with E-state index in [0.29, 0.717) is 30.1 Å². The average Bonchev–Trinajstić information content (AvgIpc) is 3.24. The van der Waals surface area contributed by atoms with E-state index >= 15 is 0 Å². The zero-order valence-corrected chi connectivity index (χ0v) is 18.7. The molecule has 2 aliphatic rings. The third kappa shape index (κ3) is 6.53. The zero-order chi connectivity index (χ0) is 22.2. The summed E-state index contributed by atoms with van der Waals surface area (Å²) < 4.78 is 19.3. The summed E-state index contributed by atoms with van der Waals surface area (Å²) in [7, 11) is 0. The summed E-state index contributed by atoms with van der Waals surface area (Å²) in [6.07, 6.45) is 8.74. The second-order valence-electron chi connectivity index (χ2n) is 7.27. The zero-order valence-electron chi connectivity index (χ0n) is 18.7. The molecular weight excluding hydrogens is 404 g/mol. The van der Waals surface area contributed by atoms with Crippen LogP contribution in [0, 0.1) is 37.4 Å². The number of halogens is 1. The van der Waals surface area contributed by atoms with E-state index in [4.69, 9.17) is 4.74 Å². The van der Waals surface area contributed by atoms with Gasteiger partial charge in [0.2, 0.25) is 5.91 Å². The van der Waals surface area contributed by atoms with Gasteiger partial charge in [0, 0.05) is 38.1 Å². The molecule has 1 amide bonds. The molecule has 2 fully saturated rings. The van der Waals surface area contributed by atoms with Gasteiger partial charge in [-0.05, 0) is 48.5 Å². The first-order valence-electron chi connectivity index (χ1n) is 10.4. The number of carbonyl (C=O) groups is 1. The molecule has 0 radical (unpaired) electrons. The Hall–Kier alpha value is -2.43. The van der Waals surface area contributed by atoms with E-state index in [2.05, 4.69) is 34.1 Å². The van der Waals surface area contributed by atoms with Crippen LogP contribution in [0.2, 0.25) is 0 Å². The first-order valence-corrected chi connectivity index (χ1v) is 10.4. The number of aromatic nitrogens is 3. The van der Waals surface area contributed by atoms with Crippen molar-refractivity contribution in [2.75, 3.05) is 31.1 Å². The number of rotatable bonds is 8. The molecule has 0 aromatic carbocycles. The fourth-order valence-corrected chi connectivity index (χ4v) is 4.04. The number of piperidine rings is 1. The van der Waals surface area contributed by atoms with Gasteiger partial charge in [-0.15, -0.1) is 0 Å². The summed E-state index contributed by atoms with van der Waals surface area (Å²) in [4.78, 5) is 25.9. The van der Waals surface area contributed by atoms with Crippen molar-refractivity contribution in [1.82, 2.24) is 20.3 Å². The number of fused-ring (bicyclic) bond motifs is 1. The van der Waals surface area contributed by atoms with Crippen molar-refractivity contribution in [3.63, 3.8) is 0 Å². The smallest absolute Gasteiger partial charge is 0.497 e. The van der Waals surface area contributed by atoms with Crippen molar-refractivity contribution >= 4 is 17.8 Å². The first-order chi connectivity index (χ1) is 15.2. The van der Waals surface area contributed by atoms with Crippen LogP contribution >= 0.6 is 0 Å². The Labute approximate surface area is 201 Å². The summed E-state index contributed by atoms with van der Waals surface area (Å²) in [5, 5.41) is 2.92. The standard InChI is InChI=1S/C21H23FN5O2.C2H5.Li/c1-2-29-21-25-11-18(22)20(26-21)27-12-16-15(17(16)13-27)7-9-24-19(28)6-5-14-4-3-8-23-10-14;1-2;/h3-6,8,10-11,15-17H,1-2,7,9,12-13H2,(H,24,28);1H2,2H3;/q2*-1;+1/b6-5+;;/t15?,16-,17+;;. The van der Waals surface area contributed by atoms with Gasteiger partial charge in [-0.2, -0.15) is 11.9 Å². The Kier molecular flexibility index (Phi) is 10.1. The van der Waals surface area contributed by atoms with E-state index in [9.17, 15) is 9.18 Å². The second kappa shape index (κ2) is 12.6. The number of nitrogens with one attached hydrogen (secondary N) is 1. The maximum absolute atomic E-state index is 14.1. The fraction of sp³-hybridized carbons (Fsp3) is 0.391. The molecule has 2 aromatic heterocycles. The maximum Gasteiger partial charge on any atom is 1.00 e. The molecule has 4 rings (SSSR count). The number of carbonyl (C=O) groups excluding carboxylic acids is 1. The molecule has 1 saturated heterocycles. The molecule has 1 saturated carbocycles. The van der Waals surface area contributed by atoms with Crippen LogP contribution < -0.4 is 33.8 Å². The summed E-state index contributed by atoms with van der Waals surface area (Å²) in [5.41, 5.74) is 0.889. The van der Waals surface area contributed by atoms with E-state index in [1.54, 1.807) is 25.4 Å². The van der Waals surface area contributed by atoms with Gasteiger partial charge < -0.3 is 28.8 Å². The van der Waals surface area contributed by atoms with Crippen molar-refractivity contribution in [3.8, 4) is 6.01 Å². The molecule has 0 spiro atoms. The van der Waals surface area contributed by atoms with Crippen molar-refractivity contribution in [3.05, 3.63) is 62.0 Å². The summed E-state index contributed by atoms with van der Waals surface area (Å²) >= 11 is 0. The molecule has 3 atom stereocenters. The van der Waals surface area contributed by atoms with E-state index in [1.807, 2.05) is 17.0 Å². The van der Waals surface area contributed by atoms with Crippen molar-refractivity contribution in [2.24, 2.45) is 17.8 Å². The minimum Gasteiger partial charge on any atom is -0.497 e. The van der Waals surface area contributed by atoms with Gasteiger partial charge in [-0.25, -0.2) is 9.37 Å². The van der Waals surface area contributed by atoms with Crippen LogP contribution in [0.5, 0.6) is 6.01 Å². The number of hydrogen-bond donors (Lipinski definition) is 1. The van der Waals surface area contributed by atoms with Crippen molar-refractivity contribution in [2.45, 2.75) is 13.3 Å². The molecule has 0 bridgehead atoms. The predicted molar refractivity (Wildman–Crippen MR) is 117 cm³/mol. The van der Waals surface area contributed by atoms with Crippen LogP contribution in [0.25, 0.3) is 6.08 Å². The molecule has 1 unspecified atom stereocenters. The largest absolute Gasteiger partial charge is 1.00 e. The quantitative estimate of drug-likeness (QED) is 0.359. The third-order valence-electron chi connectivity index (χ3n) is 5.49.